The molecule has 174 valence electrons. The second-order valence-electron chi connectivity index (χ2n) is 11.7. The van der Waals surface area contributed by atoms with Crippen molar-refractivity contribution in [3.05, 3.63) is 23.3 Å². The highest BCUT2D eigenvalue weighted by Gasteiger charge is 2.75. The third-order valence-electron chi connectivity index (χ3n) is 8.97. The van der Waals surface area contributed by atoms with Crippen molar-refractivity contribution < 1.29 is 23.5 Å². The Morgan fingerprint density at radius 1 is 1.25 bits per heavy atom. The highest BCUT2D eigenvalue weighted by atomic mass is 28.4. The maximum Gasteiger partial charge on any atom is 0.303 e. The van der Waals surface area contributed by atoms with Gasteiger partial charge in [-0.2, -0.15) is 0 Å². The molecular formula is C25H35NO5Si. The molecule has 1 saturated carbocycles. The minimum absolute atomic E-state index is 0.0324. The Kier molecular flexibility index (Phi) is 4.53. The number of Topliss-reactive ketones (excluding diaryl/α,β-unsaturated/α-hetero) is 1. The van der Waals surface area contributed by atoms with Crippen molar-refractivity contribution in [2.45, 2.75) is 94.7 Å². The fraction of sp³-hybridized carbons (Fsp3) is 0.680. The van der Waals surface area contributed by atoms with E-state index in [2.05, 4.69) is 51.9 Å². The molecule has 4 atom stereocenters. The van der Waals surface area contributed by atoms with Gasteiger partial charge in [0.05, 0.1) is 11.5 Å². The molecule has 0 radical (unpaired) electrons. The maximum absolute atomic E-state index is 13.3. The summed E-state index contributed by atoms with van der Waals surface area (Å²) in [6.45, 7) is 13.4. The first-order chi connectivity index (χ1) is 14.8. The lowest BCUT2D eigenvalue weighted by atomic mass is 9.49. The molecule has 6 nitrogen and oxygen atoms in total. The Morgan fingerprint density at radius 2 is 1.97 bits per heavy atom. The monoisotopic (exact) mass is 457 g/mol. The van der Waals surface area contributed by atoms with E-state index in [0.717, 1.165) is 30.7 Å². The number of rotatable bonds is 3. The number of nitrogens with zero attached hydrogens (tertiary/aromatic N) is 1. The van der Waals surface area contributed by atoms with Gasteiger partial charge in [0.15, 0.2) is 17.6 Å². The molecule has 4 aliphatic rings. The highest BCUT2D eigenvalue weighted by Crippen LogP contribution is 2.66. The van der Waals surface area contributed by atoms with Crippen LogP contribution in [0, 0.1) is 0 Å². The van der Waals surface area contributed by atoms with Gasteiger partial charge in [-0.1, -0.05) is 26.8 Å². The van der Waals surface area contributed by atoms with Crippen molar-refractivity contribution >= 4 is 20.1 Å². The number of hydrogen-bond donors (Lipinski definition) is 0. The highest BCUT2D eigenvalue weighted by molar-refractivity contribution is 6.74. The van der Waals surface area contributed by atoms with Crippen LogP contribution in [-0.2, 0) is 26.2 Å². The van der Waals surface area contributed by atoms with Crippen LogP contribution < -0.4 is 9.16 Å². The van der Waals surface area contributed by atoms with Gasteiger partial charge in [0.1, 0.15) is 11.4 Å². The van der Waals surface area contributed by atoms with Gasteiger partial charge < -0.3 is 13.9 Å². The lowest BCUT2D eigenvalue weighted by Crippen LogP contribution is -2.77. The topological polar surface area (TPSA) is 65.1 Å². The van der Waals surface area contributed by atoms with E-state index in [1.807, 2.05) is 6.07 Å². The summed E-state index contributed by atoms with van der Waals surface area (Å²) in [4.78, 5) is 28.0. The van der Waals surface area contributed by atoms with Crippen LogP contribution in [0.25, 0.3) is 0 Å². The zero-order chi connectivity index (χ0) is 23.3. The van der Waals surface area contributed by atoms with E-state index in [4.69, 9.17) is 13.9 Å². The van der Waals surface area contributed by atoms with Crippen molar-refractivity contribution in [1.29, 1.82) is 0 Å². The zero-order valence-electron chi connectivity index (χ0n) is 20.3. The second-order valence-corrected chi connectivity index (χ2v) is 16.4. The predicted molar refractivity (Wildman–Crippen MR) is 124 cm³/mol. The largest absolute Gasteiger partial charge is 0.541 e. The molecule has 1 aromatic carbocycles. The maximum atomic E-state index is 13.3. The average Bonchev–Trinajstić information content (AvgIpc) is 3.03. The van der Waals surface area contributed by atoms with Crippen LogP contribution >= 0.6 is 0 Å². The van der Waals surface area contributed by atoms with Gasteiger partial charge in [0.2, 0.25) is 0 Å². The predicted octanol–water partition coefficient (Wildman–Crippen LogP) is 3.99. The molecule has 2 bridgehead atoms. The van der Waals surface area contributed by atoms with Crippen LogP contribution in [0.2, 0.25) is 18.1 Å². The second kappa shape index (κ2) is 6.60. The molecule has 1 spiro atoms. The van der Waals surface area contributed by atoms with Gasteiger partial charge in [-0.05, 0) is 62.6 Å². The summed E-state index contributed by atoms with van der Waals surface area (Å²) >= 11 is 0. The summed E-state index contributed by atoms with van der Waals surface area (Å²) in [5, 5.41) is 0.0369. The fourth-order valence-corrected chi connectivity index (χ4v) is 7.48. The number of likely N-dealkylation sites (N-methyl/N-ethyl adjacent to an activating group) is 1. The van der Waals surface area contributed by atoms with Crippen LogP contribution in [0.4, 0.5) is 0 Å². The number of ketones is 1. The van der Waals surface area contributed by atoms with Gasteiger partial charge in [-0.25, -0.2) is 0 Å². The first-order valence-corrected chi connectivity index (χ1v) is 14.7. The summed E-state index contributed by atoms with van der Waals surface area (Å²) < 4.78 is 19.5. The summed E-state index contributed by atoms with van der Waals surface area (Å²) in [5.41, 5.74) is 0.871. The Morgan fingerprint density at radius 3 is 2.62 bits per heavy atom. The molecule has 32 heavy (non-hydrogen) atoms. The standard InChI is InChI=1S/C25H35NO5Si/c1-15(27)30-25-11-10-17(28)22-24(25)12-13-26(5)19(25)14-16-8-9-18(21(29-22)20(16)24)31-32(6,7)23(2,3)4/h8-9,19,22H,10-14H2,1-7H3/t19-,22+,24+,25-/m1/s1. The van der Waals surface area contributed by atoms with Gasteiger partial charge in [-0.3, -0.25) is 14.5 Å². The van der Waals surface area contributed by atoms with E-state index in [1.165, 1.54) is 12.5 Å². The summed E-state index contributed by atoms with van der Waals surface area (Å²) in [6, 6.07) is 4.21. The first-order valence-electron chi connectivity index (χ1n) is 11.8. The number of hydrogen-bond acceptors (Lipinski definition) is 6. The molecule has 0 amide bonds. The number of esters is 1. The number of ether oxygens (including phenoxy) is 2. The fourth-order valence-electron chi connectivity index (χ4n) is 6.47. The number of carbonyl (C=O) groups excluding carboxylic acids is 2. The van der Waals surface area contributed by atoms with E-state index in [9.17, 15) is 9.59 Å². The normalized spacial score (nSPS) is 33.4. The van der Waals surface area contributed by atoms with Crippen LogP contribution in [0.1, 0.15) is 58.1 Å². The van der Waals surface area contributed by atoms with Crippen LogP contribution in [-0.4, -0.2) is 56.3 Å². The summed E-state index contributed by atoms with van der Waals surface area (Å²) in [5.74, 6) is 1.27. The number of carbonyl (C=O) groups is 2. The smallest absolute Gasteiger partial charge is 0.303 e. The SMILES string of the molecule is CC(=O)O[C@@]12CCC(=O)[C@@H]3Oc4c(O[Si](C)(C)C(C)(C)C)ccc5c4[C@@]31CCN(C)[C@@H]2C5. The molecule has 0 unspecified atom stereocenters. The Balaban J connectivity index is 1.74. The molecule has 2 fully saturated rings. The van der Waals surface area contributed by atoms with Gasteiger partial charge in [-0.15, -0.1) is 0 Å². The van der Waals surface area contributed by atoms with E-state index < -0.39 is 25.4 Å². The van der Waals surface area contributed by atoms with Gasteiger partial charge in [0.25, 0.3) is 8.32 Å². The number of benzene rings is 1. The van der Waals surface area contributed by atoms with Crippen LogP contribution in [0.5, 0.6) is 11.5 Å². The number of piperidine rings is 1. The first kappa shape index (κ1) is 22.0. The number of likely N-dealkylation sites (tertiary alicyclic amines) is 1. The molecule has 0 N–H and O–H groups in total. The Hall–Kier alpha value is -1.86. The Bertz CT molecular complexity index is 1010. The Labute approximate surface area is 191 Å². The third-order valence-corrected chi connectivity index (χ3v) is 13.3. The third kappa shape index (κ3) is 2.61. The molecule has 2 heterocycles. The van der Waals surface area contributed by atoms with E-state index in [0.29, 0.717) is 18.6 Å². The lowest BCUT2D eigenvalue weighted by molar-refractivity contribution is -0.211. The van der Waals surface area contributed by atoms with Crippen molar-refractivity contribution in [2.75, 3.05) is 13.6 Å². The molecule has 2 aliphatic carbocycles. The summed E-state index contributed by atoms with van der Waals surface area (Å²) in [7, 11) is -0.0171. The molecular weight excluding hydrogens is 422 g/mol. The van der Waals surface area contributed by atoms with Crippen molar-refractivity contribution in [2.24, 2.45) is 0 Å². The van der Waals surface area contributed by atoms with Crippen LogP contribution in [0.15, 0.2) is 12.1 Å². The average molecular weight is 458 g/mol. The lowest BCUT2D eigenvalue weighted by Gasteiger charge is -2.63. The molecule has 2 aliphatic heterocycles. The van der Waals surface area contributed by atoms with Crippen molar-refractivity contribution in [3.8, 4) is 11.5 Å². The minimum atomic E-state index is -2.12. The van der Waals surface area contributed by atoms with Crippen molar-refractivity contribution in [1.82, 2.24) is 4.90 Å². The van der Waals surface area contributed by atoms with Crippen LogP contribution in [0.3, 0.4) is 0 Å². The summed E-state index contributed by atoms with van der Waals surface area (Å²) in [6.07, 6.45) is 1.80. The quantitative estimate of drug-likeness (QED) is 0.505. The van der Waals surface area contributed by atoms with Crippen molar-refractivity contribution in [3.63, 3.8) is 0 Å². The van der Waals surface area contributed by atoms with E-state index in [1.54, 1.807) is 0 Å². The molecule has 5 rings (SSSR count). The van der Waals surface area contributed by atoms with E-state index in [-0.39, 0.29) is 22.8 Å². The zero-order valence-corrected chi connectivity index (χ0v) is 21.3. The molecule has 7 heteroatoms. The molecule has 1 saturated heterocycles. The minimum Gasteiger partial charge on any atom is -0.541 e. The van der Waals surface area contributed by atoms with Gasteiger partial charge in [0, 0.05) is 18.9 Å². The molecule has 1 aromatic rings. The van der Waals surface area contributed by atoms with E-state index >= 15 is 0 Å². The van der Waals surface area contributed by atoms with Gasteiger partial charge >= 0.3 is 5.97 Å². The molecule has 0 aromatic heterocycles.